The molecule has 0 aliphatic rings. The summed E-state index contributed by atoms with van der Waals surface area (Å²) in [5.74, 6) is -2.05. The zero-order valence-corrected chi connectivity index (χ0v) is 12.7. The molecule has 0 radical (unpaired) electrons. The number of H-pyrrole nitrogens is 1. The number of aryl methyl sites for hydroxylation is 1. The predicted molar refractivity (Wildman–Crippen MR) is 70.7 cm³/mol. The minimum Gasteiger partial charge on any atom is -0.464 e. The molecule has 2 N–H and O–H groups in total. The van der Waals surface area contributed by atoms with Gasteiger partial charge in [-0.15, -0.1) is 0 Å². The zero-order valence-electron chi connectivity index (χ0n) is 11.9. The van der Waals surface area contributed by atoms with Gasteiger partial charge in [-0.05, 0) is 20.8 Å². The number of nitrogens with zero attached hydrogens (tertiary/aromatic N) is 1. The summed E-state index contributed by atoms with van der Waals surface area (Å²) in [6.45, 7) is 4.57. The van der Waals surface area contributed by atoms with Crippen LogP contribution in [0.3, 0.4) is 0 Å². The van der Waals surface area contributed by atoms with Crippen molar-refractivity contribution in [1.82, 2.24) is 14.9 Å². The molecule has 0 saturated heterocycles. The third-order valence-electron chi connectivity index (χ3n) is 2.39. The Bertz CT molecular complexity index is 591. The fourth-order valence-electron chi connectivity index (χ4n) is 1.47. The van der Waals surface area contributed by atoms with Gasteiger partial charge in [0.05, 0.1) is 25.1 Å². The van der Waals surface area contributed by atoms with Crippen molar-refractivity contribution in [3.63, 3.8) is 0 Å². The summed E-state index contributed by atoms with van der Waals surface area (Å²) in [5.41, 5.74) is 0.272. The molecule has 1 aromatic heterocycles. The lowest BCUT2D eigenvalue weighted by atomic mass is 10.3. The molecule has 0 bridgehead atoms. The number of aromatic nitrogens is 2. The number of ether oxygens (including phenoxy) is 2. The van der Waals surface area contributed by atoms with Gasteiger partial charge in [0.25, 0.3) is 0 Å². The molecule has 9 nitrogen and oxygen atoms in total. The SMILES string of the molecule is CCOC(=O)C(NS(=O)(=O)c1cn[nH]c1C)C(=O)OCC. The molecule has 1 rings (SSSR count). The fourth-order valence-corrected chi connectivity index (χ4v) is 2.74. The first-order chi connectivity index (χ1) is 9.83. The van der Waals surface area contributed by atoms with Crippen LogP contribution in [0.2, 0.25) is 0 Å². The van der Waals surface area contributed by atoms with Crippen molar-refractivity contribution < 1.29 is 27.5 Å². The fraction of sp³-hybridized carbons (Fsp3) is 0.545. The van der Waals surface area contributed by atoms with Crippen LogP contribution in [-0.4, -0.2) is 49.8 Å². The van der Waals surface area contributed by atoms with E-state index in [1.165, 1.54) is 20.8 Å². The highest BCUT2D eigenvalue weighted by Gasteiger charge is 2.35. The minimum atomic E-state index is -4.12. The van der Waals surface area contributed by atoms with Crippen LogP contribution in [0, 0.1) is 6.92 Å². The van der Waals surface area contributed by atoms with Crippen LogP contribution in [-0.2, 0) is 29.1 Å². The lowest BCUT2D eigenvalue weighted by molar-refractivity contribution is -0.157. The van der Waals surface area contributed by atoms with E-state index in [1.54, 1.807) is 0 Å². The monoisotopic (exact) mass is 319 g/mol. The highest BCUT2D eigenvalue weighted by Crippen LogP contribution is 2.12. The van der Waals surface area contributed by atoms with Crippen LogP contribution < -0.4 is 4.72 Å². The zero-order chi connectivity index (χ0) is 16.0. The molecule has 0 atom stereocenters. The Hall–Kier alpha value is -1.94. The first-order valence-electron chi connectivity index (χ1n) is 6.19. The van der Waals surface area contributed by atoms with Gasteiger partial charge in [-0.2, -0.15) is 9.82 Å². The molecule has 0 aliphatic heterocycles. The molecule has 0 fully saturated rings. The number of esters is 2. The van der Waals surface area contributed by atoms with E-state index in [2.05, 4.69) is 19.7 Å². The first-order valence-corrected chi connectivity index (χ1v) is 7.67. The van der Waals surface area contributed by atoms with E-state index in [0.29, 0.717) is 0 Å². The van der Waals surface area contributed by atoms with E-state index >= 15 is 0 Å². The highest BCUT2D eigenvalue weighted by molar-refractivity contribution is 7.89. The minimum absolute atomic E-state index is 0.00119. The van der Waals surface area contributed by atoms with Gasteiger partial charge in [-0.1, -0.05) is 0 Å². The van der Waals surface area contributed by atoms with Crippen LogP contribution in [0.15, 0.2) is 11.1 Å². The Morgan fingerprint density at radius 2 is 1.81 bits per heavy atom. The first kappa shape index (κ1) is 17.1. The quantitative estimate of drug-likeness (QED) is 0.512. The number of rotatable bonds is 7. The standard InChI is InChI=1S/C11H17N3O6S/c1-4-19-10(15)9(11(16)20-5-2)14-21(17,18)8-6-12-13-7(8)3/h6,9,14H,4-5H2,1-3H3,(H,12,13). The van der Waals surface area contributed by atoms with Crippen molar-refractivity contribution in [3.8, 4) is 0 Å². The van der Waals surface area contributed by atoms with Crippen molar-refractivity contribution in [2.45, 2.75) is 31.7 Å². The number of carbonyl (C=O) groups excluding carboxylic acids is 2. The molecular weight excluding hydrogens is 302 g/mol. The van der Waals surface area contributed by atoms with E-state index in [4.69, 9.17) is 0 Å². The summed E-state index contributed by atoms with van der Waals surface area (Å²) in [7, 11) is -4.12. The third kappa shape index (κ3) is 4.26. The molecule has 0 unspecified atom stereocenters. The van der Waals surface area contributed by atoms with E-state index in [0.717, 1.165) is 6.20 Å². The van der Waals surface area contributed by atoms with Crippen LogP contribution >= 0.6 is 0 Å². The number of hydrogen-bond acceptors (Lipinski definition) is 7. The lowest BCUT2D eigenvalue weighted by Crippen LogP contribution is -2.48. The van der Waals surface area contributed by atoms with Crippen LogP contribution in [0.25, 0.3) is 0 Å². The molecular formula is C11H17N3O6S. The van der Waals surface area contributed by atoms with E-state index in [9.17, 15) is 18.0 Å². The topological polar surface area (TPSA) is 127 Å². The second-order valence-corrected chi connectivity index (χ2v) is 5.60. The van der Waals surface area contributed by atoms with Crippen molar-refractivity contribution in [1.29, 1.82) is 0 Å². The molecule has 0 aromatic carbocycles. The van der Waals surface area contributed by atoms with Gasteiger partial charge in [0.2, 0.25) is 16.1 Å². The molecule has 0 aliphatic carbocycles. The Labute approximate surface area is 122 Å². The predicted octanol–water partition coefficient (Wildman–Crippen LogP) is -0.509. The smallest absolute Gasteiger partial charge is 0.335 e. The van der Waals surface area contributed by atoms with Gasteiger partial charge in [0, 0.05) is 0 Å². The van der Waals surface area contributed by atoms with Gasteiger partial charge < -0.3 is 9.47 Å². The summed E-state index contributed by atoms with van der Waals surface area (Å²) in [4.78, 5) is 23.3. The molecule has 118 valence electrons. The van der Waals surface area contributed by atoms with E-state index in [-0.39, 0.29) is 23.8 Å². The Morgan fingerprint density at radius 1 is 1.29 bits per heavy atom. The summed E-state index contributed by atoms with van der Waals surface area (Å²) in [6, 6.07) is -1.76. The van der Waals surface area contributed by atoms with E-state index in [1.807, 2.05) is 4.72 Å². The van der Waals surface area contributed by atoms with Gasteiger partial charge >= 0.3 is 11.9 Å². The van der Waals surface area contributed by atoms with Crippen molar-refractivity contribution in [2.24, 2.45) is 0 Å². The molecule has 0 amide bonds. The van der Waals surface area contributed by atoms with Crippen molar-refractivity contribution >= 4 is 22.0 Å². The largest absolute Gasteiger partial charge is 0.464 e. The second kappa shape index (κ2) is 7.18. The summed E-state index contributed by atoms with van der Waals surface area (Å²) < 4.78 is 35.6. The number of sulfonamides is 1. The average molecular weight is 319 g/mol. The summed E-state index contributed by atoms with van der Waals surface area (Å²) in [6.07, 6.45) is 1.07. The second-order valence-electron chi connectivity index (χ2n) is 3.92. The molecule has 0 spiro atoms. The Kier molecular flexibility index (Phi) is 5.85. The summed E-state index contributed by atoms with van der Waals surface area (Å²) >= 11 is 0. The molecule has 21 heavy (non-hydrogen) atoms. The van der Waals surface area contributed by atoms with Gasteiger partial charge in [-0.25, -0.2) is 18.0 Å². The lowest BCUT2D eigenvalue weighted by Gasteiger charge is -2.15. The Balaban J connectivity index is 3.03. The van der Waals surface area contributed by atoms with Crippen LogP contribution in [0.5, 0.6) is 0 Å². The molecule has 10 heteroatoms. The highest BCUT2D eigenvalue weighted by atomic mass is 32.2. The maximum absolute atomic E-state index is 12.2. The van der Waals surface area contributed by atoms with Crippen molar-refractivity contribution in [3.05, 3.63) is 11.9 Å². The third-order valence-corrected chi connectivity index (χ3v) is 3.93. The number of hydrogen-bond donors (Lipinski definition) is 2. The number of aromatic amines is 1. The Morgan fingerprint density at radius 3 is 2.19 bits per heavy atom. The van der Waals surface area contributed by atoms with E-state index < -0.39 is 28.0 Å². The maximum atomic E-state index is 12.2. The maximum Gasteiger partial charge on any atom is 0.335 e. The van der Waals surface area contributed by atoms with Crippen LogP contribution in [0.1, 0.15) is 19.5 Å². The van der Waals surface area contributed by atoms with Crippen LogP contribution in [0.4, 0.5) is 0 Å². The van der Waals surface area contributed by atoms with Gasteiger partial charge in [0.1, 0.15) is 4.90 Å². The molecule has 1 aromatic rings. The number of carbonyl (C=O) groups is 2. The van der Waals surface area contributed by atoms with Crippen molar-refractivity contribution in [2.75, 3.05) is 13.2 Å². The van der Waals surface area contributed by atoms with Gasteiger partial charge in [0.15, 0.2) is 0 Å². The molecule has 1 heterocycles. The average Bonchev–Trinajstić information content (AvgIpc) is 2.83. The molecule has 0 saturated carbocycles. The normalized spacial score (nSPS) is 11.4. The summed E-state index contributed by atoms with van der Waals surface area (Å²) in [5, 5.41) is 6.04. The number of nitrogens with one attached hydrogen (secondary N) is 2. The van der Waals surface area contributed by atoms with Gasteiger partial charge in [-0.3, -0.25) is 5.10 Å².